The lowest BCUT2D eigenvalue weighted by atomic mass is 10.6. The number of aromatic amines is 3. The maximum atomic E-state index is 10.7. The average molecular weight is 300 g/mol. The summed E-state index contributed by atoms with van der Waals surface area (Å²) < 4.78 is 0.941. The zero-order valence-electron chi connectivity index (χ0n) is 9.89. The van der Waals surface area contributed by atoms with Crippen LogP contribution in [0, 0.1) is 0 Å². The lowest BCUT2D eigenvalue weighted by Gasteiger charge is -1.94. The molecule has 0 aromatic carbocycles. The summed E-state index contributed by atoms with van der Waals surface area (Å²) >= 11 is 0. The number of rotatable bonds is 0. The van der Waals surface area contributed by atoms with Crippen molar-refractivity contribution in [3.8, 4) is 0 Å². The van der Waals surface area contributed by atoms with E-state index in [2.05, 4.69) is 9.97 Å². The first kappa shape index (κ1) is 20.3. The summed E-state index contributed by atoms with van der Waals surface area (Å²) in [5, 5.41) is 0. The van der Waals surface area contributed by atoms with Gasteiger partial charge in [-0.3, -0.25) is 29.1 Å². The van der Waals surface area contributed by atoms with Gasteiger partial charge in [0.25, 0.3) is 11.1 Å². The van der Waals surface area contributed by atoms with Crippen LogP contribution < -0.4 is 34.0 Å². The second kappa shape index (κ2) is 8.19. The van der Waals surface area contributed by atoms with Crippen molar-refractivity contribution >= 4 is 11.6 Å². The summed E-state index contributed by atoms with van der Waals surface area (Å²) in [6.45, 7) is 0. The molecule has 0 spiro atoms. The van der Waals surface area contributed by atoms with Gasteiger partial charge < -0.3 is 11.5 Å². The predicted molar refractivity (Wildman–Crippen MR) is 82.3 cm³/mol. The van der Waals surface area contributed by atoms with E-state index in [0.717, 1.165) is 16.7 Å². The van der Waals surface area contributed by atoms with Crippen LogP contribution in [0.1, 0.15) is 14.9 Å². The highest BCUT2D eigenvalue weighted by Crippen LogP contribution is 1.79. The van der Waals surface area contributed by atoms with Gasteiger partial charge in [-0.05, 0) is 0 Å². The lowest BCUT2D eigenvalue weighted by molar-refractivity contribution is 0.779. The minimum atomic E-state index is -0.583. The molecule has 2 aromatic heterocycles. The van der Waals surface area contributed by atoms with Gasteiger partial charge in [0.05, 0.1) is 0 Å². The lowest BCUT2D eigenvalue weighted by Crippen LogP contribution is -2.32. The van der Waals surface area contributed by atoms with Crippen molar-refractivity contribution in [2.75, 3.05) is 11.5 Å². The van der Waals surface area contributed by atoms with E-state index < -0.39 is 22.5 Å². The maximum Gasteiger partial charge on any atom is 0.329 e. The van der Waals surface area contributed by atoms with Crippen molar-refractivity contribution in [3.63, 3.8) is 0 Å². The Morgan fingerprint density at radius 2 is 1.43 bits per heavy atom. The Balaban J connectivity index is 0. The molecule has 10 nitrogen and oxygen atoms in total. The smallest absolute Gasteiger partial charge is 0.329 e. The first-order valence-electron chi connectivity index (χ1n) is 4.94. The molecule has 0 atom stereocenters. The maximum absolute atomic E-state index is 10.7. The van der Waals surface area contributed by atoms with E-state index in [0.29, 0.717) is 0 Å². The Morgan fingerprint density at radius 3 is 1.86 bits per heavy atom. The number of nitrogen functional groups attached to an aromatic ring is 2. The van der Waals surface area contributed by atoms with Gasteiger partial charge in [0.2, 0.25) is 0 Å². The highest BCUT2D eigenvalue weighted by molar-refractivity contribution is 5.23. The summed E-state index contributed by atoms with van der Waals surface area (Å²) in [4.78, 5) is 48.5. The van der Waals surface area contributed by atoms with Crippen LogP contribution in [0.25, 0.3) is 0 Å². The molecule has 21 heavy (non-hydrogen) atoms. The van der Waals surface area contributed by atoms with Crippen LogP contribution in [0.4, 0.5) is 11.6 Å². The monoisotopic (exact) mass is 300 g/mol. The summed E-state index contributed by atoms with van der Waals surface area (Å²) in [5.74, 6) is 0.164. The molecule has 0 saturated heterocycles. The third-order valence-electron chi connectivity index (χ3n) is 1.95. The molecule has 0 saturated carbocycles. The Bertz CT molecular complexity index is 738. The number of hydrogen-bond acceptors (Lipinski definition) is 6. The zero-order valence-corrected chi connectivity index (χ0v) is 9.89. The van der Waals surface area contributed by atoms with Crippen LogP contribution in [0.15, 0.2) is 31.3 Å². The molecule has 0 aliphatic heterocycles. The third kappa shape index (κ3) is 6.09. The van der Waals surface area contributed by atoms with Crippen molar-refractivity contribution in [1.82, 2.24) is 19.5 Å². The summed E-state index contributed by atoms with van der Waals surface area (Å²) in [6.07, 6.45) is 0. The van der Waals surface area contributed by atoms with E-state index in [1.165, 1.54) is 7.05 Å². The zero-order chi connectivity index (χ0) is 14.6. The van der Waals surface area contributed by atoms with Crippen LogP contribution in [-0.2, 0) is 7.05 Å². The molecular weight excluding hydrogens is 280 g/mol. The van der Waals surface area contributed by atoms with Gasteiger partial charge in [-0.1, -0.05) is 14.9 Å². The molecule has 0 aliphatic rings. The predicted octanol–water partition coefficient (Wildman–Crippen LogP) is -1.43. The molecule has 0 amide bonds. The van der Waals surface area contributed by atoms with Gasteiger partial charge in [-0.2, -0.15) is 0 Å². The van der Waals surface area contributed by atoms with Crippen LogP contribution in [0.3, 0.4) is 0 Å². The number of nitrogens with zero attached hydrogens (tertiary/aromatic N) is 1. The molecule has 0 radical (unpaired) electrons. The largest absolute Gasteiger partial charge is 0.385 e. The number of nitrogens with one attached hydrogen (secondary N) is 3. The van der Waals surface area contributed by atoms with Crippen LogP contribution >= 0.6 is 0 Å². The summed E-state index contributed by atoms with van der Waals surface area (Å²) in [6, 6.07) is 2.25. The molecule has 0 bridgehead atoms. The van der Waals surface area contributed by atoms with Gasteiger partial charge in [-0.25, -0.2) is 9.59 Å². The Labute approximate surface area is 119 Å². The second-order valence-electron chi connectivity index (χ2n) is 3.47. The minimum Gasteiger partial charge on any atom is -0.385 e. The van der Waals surface area contributed by atoms with Crippen LogP contribution in [0.5, 0.6) is 0 Å². The normalized spacial score (nSPS) is 8.62. The van der Waals surface area contributed by atoms with Crippen molar-refractivity contribution < 1.29 is 0 Å². The van der Waals surface area contributed by atoms with Gasteiger partial charge in [0.1, 0.15) is 11.6 Å². The topological polar surface area (TPSA) is 173 Å². The fourth-order valence-corrected chi connectivity index (χ4v) is 1.06. The third-order valence-corrected chi connectivity index (χ3v) is 1.95. The molecule has 118 valence electrons. The molecule has 2 rings (SSSR count). The molecular formula is C11H20N6O4. The van der Waals surface area contributed by atoms with Crippen LogP contribution in [-0.4, -0.2) is 19.5 Å². The minimum absolute atomic E-state index is 0. The molecule has 0 fully saturated rings. The molecule has 10 heteroatoms. The Hall–Kier alpha value is -3.04. The summed E-state index contributed by atoms with van der Waals surface area (Å²) in [5.41, 5.74) is 8.27. The van der Waals surface area contributed by atoms with E-state index in [-0.39, 0.29) is 26.5 Å². The van der Waals surface area contributed by atoms with Gasteiger partial charge in [0, 0.05) is 19.2 Å². The first-order chi connectivity index (χ1) is 8.79. The van der Waals surface area contributed by atoms with E-state index in [1.54, 1.807) is 0 Å². The number of hydrogen-bond donors (Lipinski definition) is 5. The van der Waals surface area contributed by atoms with Crippen molar-refractivity contribution in [2.24, 2.45) is 7.05 Å². The standard InChI is InChI=1S/C5H7N3O2.C4H5N3O2.2CH4/c1-8-4(9)2-3(6)7-5(8)10;5-2-1-3(8)7-4(9)6-2;;/h2H,6H2,1H3,(H,7,10);1H,(H4,5,6,7,8,9);2*1H4. The number of H-pyrrole nitrogens is 3. The van der Waals surface area contributed by atoms with Gasteiger partial charge >= 0.3 is 11.4 Å². The van der Waals surface area contributed by atoms with Gasteiger partial charge in [-0.15, -0.1) is 0 Å². The fraction of sp³-hybridized carbons (Fsp3) is 0.273. The SMILES string of the molecule is C.C.Cn1c(=O)cc(N)[nH]c1=O.Nc1cc(=O)[nH]c(=O)[nH]1. The number of nitrogens with two attached hydrogens (primary N) is 2. The molecule has 2 heterocycles. The molecule has 0 aliphatic carbocycles. The van der Waals surface area contributed by atoms with Crippen molar-refractivity contribution in [2.45, 2.75) is 14.9 Å². The van der Waals surface area contributed by atoms with Crippen molar-refractivity contribution in [1.29, 1.82) is 0 Å². The van der Waals surface area contributed by atoms with E-state index in [1.807, 2.05) is 4.98 Å². The summed E-state index contributed by atoms with van der Waals surface area (Å²) in [7, 11) is 1.38. The number of aromatic nitrogens is 4. The van der Waals surface area contributed by atoms with Gasteiger partial charge in [0.15, 0.2) is 0 Å². The highest BCUT2D eigenvalue weighted by atomic mass is 16.2. The molecule has 2 aromatic rings. The quantitative estimate of drug-likeness (QED) is 0.399. The van der Waals surface area contributed by atoms with E-state index in [4.69, 9.17) is 11.5 Å². The van der Waals surface area contributed by atoms with Crippen LogP contribution in [0.2, 0.25) is 0 Å². The van der Waals surface area contributed by atoms with E-state index in [9.17, 15) is 19.2 Å². The average Bonchev–Trinajstić information content (AvgIpc) is 2.24. The fourth-order valence-electron chi connectivity index (χ4n) is 1.06. The Kier molecular flexibility index (Phi) is 7.91. The molecule has 0 unspecified atom stereocenters. The molecule has 7 N–H and O–H groups in total. The van der Waals surface area contributed by atoms with E-state index >= 15 is 0 Å². The second-order valence-corrected chi connectivity index (χ2v) is 3.47. The first-order valence-corrected chi connectivity index (χ1v) is 4.94. The van der Waals surface area contributed by atoms with Crippen molar-refractivity contribution in [3.05, 3.63) is 53.8 Å². The Morgan fingerprint density at radius 1 is 0.905 bits per heavy atom. The number of anilines is 2. The highest BCUT2D eigenvalue weighted by Gasteiger charge is 1.94.